The molecule has 1 amide bonds. The zero-order valence-electron chi connectivity index (χ0n) is 10.9. The number of hydrogen-bond acceptors (Lipinski definition) is 3. The third-order valence-electron chi connectivity index (χ3n) is 3.75. The van der Waals surface area contributed by atoms with Crippen molar-refractivity contribution in [2.45, 2.75) is 32.7 Å². The Balaban J connectivity index is 1.86. The Morgan fingerprint density at radius 1 is 1.42 bits per heavy atom. The molecule has 1 aliphatic carbocycles. The third-order valence-corrected chi connectivity index (χ3v) is 3.75. The van der Waals surface area contributed by atoms with Gasteiger partial charge in [0.15, 0.2) is 0 Å². The van der Waals surface area contributed by atoms with Gasteiger partial charge in [0.05, 0.1) is 5.92 Å². The van der Waals surface area contributed by atoms with Crippen LogP contribution in [-0.4, -0.2) is 22.0 Å². The first-order chi connectivity index (χ1) is 9.08. The minimum absolute atomic E-state index is 0.0491. The molecule has 0 aliphatic heterocycles. The number of carbonyl (C=O) groups is 2. The molecule has 0 spiro atoms. The summed E-state index contributed by atoms with van der Waals surface area (Å²) in [4.78, 5) is 26.9. The van der Waals surface area contributed by atoms with E-state index < -0.39 is 5.97 Å². The first-order valence-electron chi connectivity index (χ1n) is 6.48. The van der Waals surface area contributed by atoms with E-state index in [1.54, 1.807) is 12.4 Å². The van der Waals surface area contributed by atoms with Crippen LogP contribution in [0.15, 0.2) is 18.5 Å². The number of nitrogens with one attached hydrogen (secondary N) is 1. The first kappa shape index (κ1) is 13.5. The number of rotatable bonds is 4. The predicted octanol–water partition coefficient (Wildman–Crippen LogP) is 1.51. The number of carbonyl (C=O) groups excluding carboxylic acids is 1. The van der Waals surface area contributed by atoms with E-state index in [-0.39, 0.29) is 17.7 Å². The Hall–Kier alpha value is -1.91. The van der Waals surface area contributed by atoms with Crippen LogP contribution in [0.2, 0.25) is 0 Å². The van der Waals surface area contributed by atoms with E-state index in [9.17, 15) is 9.59 Å². The van der Waals surface area contributed by atoms with E-state index in [4.69, 9.17) is 5.11 Å². The van der Waals surface area contributed by atoms with Gasteiger partial charge in [-0.2, -0.15) is 0 Å². The number of amides is 1. The number of aromatic nitrogens is 1. The van der Waals surface area contributed by atoms with Gasteiger partial charge in [-0.1, -0.05) is 0 Å². The van der Waals surface area contributed by atoms with Crippen molar-refractivity contribution < 1.29 is 14.7 Å². The van der Waals surface area contributed by atoms with Crippen molar-refractivity contribution in [3.8, 4) is 0 Å². The van der Waals surface area contributed by atoms with Gasteiger partial charge in [0.2, 0.25) is 5.91 Å². The topological polar surface area (TPSA) is 79.3 Å². The number of hydrogen-bond donors (Lipinski definition) is 2. The molecule has 0 aromatic carbocycles. The third kappa shape index (κ3) is 3.30. The first-order valence-corrected chi connectivity index (χ1v) is 6.48. The summed E-state index contributed by atoms with van der Waals surface area (Å²) in [7, 11) is 0. The Kier molecular flexibility index (Phi) is 4.14. The van der Waals surface area contributed by atoms with Gasteiger partial charge < -0.3 is 10.4 Å². The van der Waals surface area contributed by atoms with Gasteiger partial charge >= 0.3 is 5.97 Å². The van der Waals surface area contributed by atoms with Crippen molar-refractivity contribution in [3.63, 3.8) is 0 Å². The lowest BCUT2D eigenvalue weighted by Gasteiger charge is -2.11. The molecule has 19 heavy (non-hydrogen) atoms. The van der Waals surface area contributed by atoms with E-state index in [0.29, 0.717) is 25.8 Å². The van der Waals surface area contributed by atoms with Gasteiger partial charge in [0.25, 0.3) is 0 Å². The number of nitrogens with zero attached hydrogens (tertiary/aromatic N) is 1. The van der Waals surface area contributed by atoms with Crippen LogP contribution in [0.1, 0.15) is 30.4 Å². The molecular formula is C14H18N2O3. The average Bonchev–Trinajstić information content (AvgIpc) is 2.87. The Labute approximate surface area is 112 Å². The molecule has 1 aliphatic rings. The molecule has 2 unspecified atom stereocenters. The Bertz CT molecular complexity index is 487. The molecule has 5 nitrogen and oxygen atoms in total. The lowest BCUT2D eigenvalue weighted by molar-refractivity contribution is -0.141. The van der Waals surface area contributed by atoms with Crippen molar-refractivity contribution >= 4 is 11.9 Å². The van der Waals surface area contributed by atoms with E-state index >= 15 is 0 Å². The normalized spacial score (nSPS) is 22.2. The monoisotopic (exact) mass is 262 g/mol. The fraction of sp³-hybridized carbons (Fsp3) is 0.500. The molecule has 1 heterocycles. The summed E-state index contributed by atoms with van der Waals surface area (Å²) < 4.78 is 0. The van der Waals surface area contributed by atoms with Crippen LogP contribution in [0.5, 0.6) is 0 Å². The van der Waals surface area contributed by atoms with Crippen LogP contribution < -0.4 is 5.32 Å². The fourth-order valence-corrected chi connectivity index (χ4v) is 2.45. The lowest BCUT2D eigenvalue weighted by Crippen LogP contribution is -2.29. The molecule has 1 aromatic heterocycles. The molecule has 2 N–H and O–H groups in total. The summed E-state index contributed by atoms with van der Waals surface area (Å²) in [6, 6.07) is 1.90. The van der Waals surface area contributed by atoms with Crippen molar-refractivity contribution in [1.82, 2.24) is 10.3 Å². The number of carboxylic acids is 1. The van der Waals surface area contributed by atoms with Crippen molar-refractivity contribution in [1.29, 1.82) is 0 Å². The van der Waals surface area contributed by atoms with E-state index in [0.717, 1.165) is 11.1 Å². The maximum absolute atomic E-state index is 12.0. The van der Waals surface area contributed by atoms with Crippen LogP contribution in [0.25, 0.3) is 0 Å². The predicted molar refractivity (Wildman–Crippen MR) is 69.3 cm³/mol. The number of aryl methyl sites for hydroxylation is 1. The van der Waals surface area contributed by atoms with Gasteiger partial charge in [-0.15, -0.1) is 0 Å². The molecule has 2 atom stereocenters. The highest BCUT2D eigenvalue weighted by Crippen LogP contribution is 2.31. The van der Waals surface area contributed by atoms with Crippen LogP contribution in [0.4, 0.5) is 0 Å². The zero-order valence-corrected chi connectivity index (χ0v) is 10.9. The number of carboxylic acid groups (broad SMARTS) is 1. The minimum Gasteiger partial charge on any atom is -0.481 e. The minimum atomic E-state index is -0.793. The van der Waals surface area contributed by atoms with Crippen molar-refractivity contribution in [2.24, 2.45) is 11.8 Å². The summed E-state index contributed by atoms with van der Waals surface area (Å²) in [5.74, 6) is -1.38. The molecule has 0 saturated heterocycles. The highest BCUT2D eigenvalue weighted by atomic mass is 16.4. The number of aliphatic carboxylic acids is 1. The molecule has 2 rings (SSSR count). The summed E-state index contributed by atoms with van der Waals surface area (Å²) in [6.07, 6.45) is 5.17. The van der Waals surface area contributed by atoms with E-state index in [1.165, 1.54) is 0 Å². The maximum atomic E-state index is 12.0. The maximum Gasteiger partial charge on any atom is 0.306 e. The lowest BCUT2D eigenvalue weighted by atomic mass is 10.0. The van der Waals surface area contributed by atoms with Crippen LogP contribution in [0.3, 0.4) is 0 Å². The molecule has 1 saturated carbocycles. The largest absolute Gasteiger partial charge is 0.481 e. The summed E-state index contributed by atoms with van der Waals surface area (Å²) >= 11 is 0. The van der Waals surface area contributed by atoms with E-state index in [2.05, 4.69) is 10.3 Å². The number of pyridine rings is 1. The molecule has 0 radical (unpaired) electrons. The van der Waals surface area contributed by atoms with E-state index in [1.807, 2.05) is 13.0 Å². The quantitative estimate of drug-likeness (QED) is 0.862. The fourth-order valence-electron chi connectivity index (χ4n) is 2.45. The summed E-state index contributed by atoms with van der Waals surface area (Å²) in [5.41, 5.74) is 2.08. The SMILES string of the molecule is Cc1ccncc1CNC(=O)C1CCC(C(=O)O)C1. The van der Waals surface area contributed by atoms with Gasteiger partial charge in [-0.3, -0.25) is 14.6 Å². The van der Waals surface area contributed by atoms with Crippen LogP contribution in [-0.2, 0) is 16.1 Å². The zero-order chi connectivity index (χ0) is 13.8. The highest BCUT2D eigenvalue weighted by Gasteiger charge is 2.33. The molecule has 1 aromatic rings. The Morgan fingerprint density at radius 2 is 2.16 bits per heavy atom. The Morgan fingerprint density at radius 3 is 2.79 bits per heavy atom. The molecule has 5 heteroatoms. The van der Waals surface area contributed by atoms with Gasteiger partial charge in [-0.25, -0.2) is 0 Å². The second-order valence-corrected chi connectivity index (χ2v) is 5.07. The standard InChI is InChI=1S/C14H18N2O3/c1-9-4-5-15-7-12(9)8-16-13(17)10-2-3-11(6-10)14(18)19/h4-5,7,10-11H,2-3,6,8H2,1H3,(H,16,17)(H,18,19). The van der Waals surface area contributed by atoms with Crippen molar-refractivity contribution in [2.75, 3.05) is 0 Å². The highest BCUT2D eigenvalue weighted by molar-refractivity contribution is 5.80. The molecule has 102 valence electrons. The average molecular weight is 262 g/mol. The molecule has 1 fully saturated rings. The molecule has 0 bridgehead atoms. The summed E-state index contributed by atoms with van der Waals surface area (Å²) in [5, 5.41) is 11.8. The van der Waals surface area contributed by atoms with Gasteiger partial charge in [-0.05, 0) is 43.4 Å². The van der Waals surface area contributed by atoms with Gasteiger partial charge in [0, 0.05) is 24.9 Å². The second kappa shape index (κ2) is 5.82. The van der Waals surface area contributed by atoms with Crippen LogP contribution >= 0.6 is 0 Å². The van der Waals surface area contributed by atoms with Crippen LogP contribution in [0, 0.1) is 18.8 Å². The smallest absolute Gasteiger partial charge is 0.306 e. The molecular weight excluding hydrogens is 244 g/mol. The summed E-state index contributed by atoms with van der Waals surface area (Å²) in [6.45, 7) is 2.42. The van der Waals surface area contributed by atoms with Gasteiger partial charge in [0.1, 0.15) is 0 Å². The second-order valence-electron chi connectivity index (χ2n) is 5.07. The van der Waals surface area contributed by atoms with Crippen molar-refractivity contribution in [3.05, 3.63) is 29.6 Å².